The Hall–Kier alpha value is -2.47. The highest BCUT2D eigenvalue weighted by Crippen LogP contribution is 2.15. The number of hydrogen-bond donors (Lipinski definition) is 2. The predicted molar refractivity (Wildman–Crippen MR) is 82.0 cm³/mol. The molecule has 2 N–H and O–H groups in total. The summed E-state index contributed by atoms with van der Waals surface area (Å²) < 4.78 is 0. The third-order valence-electron chi connectivity index (χ3n) is 2.94. The van der Waals surface area contributed by atoms with Gasteiger partial charge in [-0.15, -0.1) is 11.3 Å². The highest BCUT2D eigenvalue weighted by atomic mass is 32.1. The molecule has 0 spiro atoms. The summed E-state index contributed by atoms with van der Waals surface area (Å²) in [5.41, 5.74) is 0.945. The Bertz CT molecular complexity index is 748. The first-order valence-corrected chi connectivity index (χ1v) is 7.35. The molecular formula is C15H14N4OS. The van der Waals surface area contributed by atoms with Gasteiger partial charge in [-0.2, -0.15) is 5.10 Å². The number of nitrogens with one attached hydrogen (secondary N) is 2. The highest BCUT2D eigenvalue weighted by molar-refractivity contribution is 7.13. The van der Waals surface area contributed by atoms with Crippen molar-refractivity contribution in [2.75, 3.05) is 0 Å². The lowest BCUT2D eigenvalue weighted by atomic mass is 10.2. The first-order valence-electron chi connectivity index (χ1n) is 6.54. The first kappa shape index (κ1) is 13.5. The van der Waals surface area contributed by atoms with Crippen LogP contribution in [0.5, 0.6) is 0 Å². The number of nitrogens with zero attached hydrogens (tertiary/aromatic N) is 2. The molecule has 0 unspecified atom stereocenters. The van der Waals surface area contributed by atoms with Gasteiger partial charge in [0.1, 0.15) is 5.82 Å². The molecule has 3 aromatic rings. The van der Waals surface area contributed by atoms with E-state index in [-0.39, 0.29) is 5.91 Å². The van der Waals surface area contributed by atoms with E-state index in [0.717, 1.165) is 10.4 Å². The second-order valence-electron chi connectivity index (χ2n) is 4.56. The smallest absolute Gasteiger partial charge is 0.261 e. The third-order valence-corrected chi connectivity index (χ3v) is 3.94. The Kier molecular flexibility index (Phi) is 3.79. The van der Waals surface area contributed by atoms with Crippen molar-refractivity contribution < 1.29 is 4.79 Å². The summed E-state index contributed by atoms with van der Waals surface area (Å²) in [6, 6.07) is 13.5. The molecule has 0 aliphatic heterocycles. The Morgan fingerprint density at radius 2 is 2.05 bits per heavy atom. The fourth-order valence-corrected chi connectivity index (χ4v) is 2.68. The third kappa shape index (κ3) is 3.17. The number of benzene rings is 1. The van der Waals surface area contributed by atoms with E-state index in [9.17, 15) is 4.79 Å². The summed E-state index contributed by atoms with van der Waals surface area (Å²) in [5, 5.41) is 9.83. The van der Waals surface area contributed by atoms with Gasteiger partial charge >= 0.3 is 0 Å². The predicted octanol–water partition coefficient (Wildman–Crippen LogP) is 2.77. The normalized spacial score (nSPS) is 10.5. The van der Waals surface area contributed by atoms with Gasteiger partial charge in [-0.05, 0) is 19.1 Å². The van der Waals surface area contributed by atoms with E-state index in [1.165, 1.54) is 11.3 Å². The maximum Gasteiger partial charge on any atom is 0.261 e. The zero-order valence-corrected chi connectivity index (χ0v) is 12.3. The van der Waals surface area contributed by atoms with Gasteiger partial charge < -0.3 is 5.32 Å². The second kappa shape index (κ2) is 5.88. The Morgan fingerprint density at radius 1 is 1.24 bits per heavy atom. The molecule has 21 heavy (non-hydrogen) atoms. The minimum atomic E-state index is -0.0919. The van der Waals surface area contributed by atoms with Crippen molar-refractivity contribution >= 4 is 17.2 Å². The number of carbonyl (C=O) groups excluding carboxylic acids is 1. The van der Waals surface area contributed by atoms with E-state index in [2.05, 4.69) is 20.5 Å². The van der Waals surface area contributed by atoms with E-state index in [1.807, 2.05) is 49.4 Å². The second-order valence-corrected chi connectivity index (χ2v) is 5.85. The van der Waals surface area contributed by atoms with Crippen LogP contribution in [0, 0.1) is 6.92 Å². The van der Waals surface area contributed by atoms with Gasteiger partial charge in [-0.1, -0.05) is 30.3 Å². The largest absolute Gasteiger partial charge is 0.344 e. The van der Waals surface area contributed by atoms with Crippen LogP contribution in [0.15, 0.2) is 42.5 Å². The number of rotatable bonds is 4. The molecule has 3 rings (SSSR count). The molecule has 1 amide bonds. The van der Waals surface area contributed by atoms with E-state index in [1.54, 1.807) is 0 Å². The average Bonchev–Trinajstić information content (AvgIpc) is 3.15. The summed E-state index contributed by atoms with van der Waals surface area (Å²) in [7, 11) is 0. The zero-order valence-electron chi connectivity index (χ0n) is 11.5. The fraction of sp³-hybridized carbons (Fsp3) is 0.133. The SMILES string of the molecule is Cc1ccc(C(=O)NCc2nc(-c3ccccc3)n[nH]2)s1. The molecule has 106 valence electrons. The Morgan fingerprint density at radius 3 is 2.76 bits per heavy atom. The number of H-pyrrole nitrogens is 1. The summed E-state index contributed by atoms with van der Waals surface area (Å²) in [5.74, 6) is 1.17. The quantitative estimate of drug-likeness (QED) is 0.778. The summed E-state index contributed by atoms with van der Waals surface area (Å²) in [4.78, 5) is 18.1. The lowest BCUT2D eigenvalue weighted by molar-refractivity contribution is 0.0954. The van der Waals surface area contributed by atoms with Gasteiger partial charge in [0, 0.05) is 10.4 Å². The molecule has 1 aromatic carbocycles. The maximum atomic E-state index is 11.9. The van der Waals surface area contributed by atoms with Crippen LogP contribution < -0.4 is 5.32 Å². The van der Waals surface area contributed by atoms with Crippen molar-refractivity contribution in [3.8, 4) is 11.4 Å². The number of hydrogen-bond acceptors (Lipinski definition) is 4. The standard InChI is InChI=1S/C15H14N4OS/c1-10-7-8-12(21-10)15(20)16-9-13-17-14(19-18-13)11-5-3-2-4-6-11/h2-8H,9H2,1H3,(H,16,20)(H,17,18,19). The van der Waals surface area contributed by atoms with E-state index in [0.29, 0.717) is 23.1 Å². The molecular weight excluding hydrogens is 284 g/mol. The van der Waals surface area contributed by atoms with Gasteiger partial charge in [-0.3, -0.25) is 9.89 Å². The highest BCUT2D eigenvalue weighted by Gasteiger charge is 2.10. The lowest BCUT2D eigenvalue weighted by Crippen LogP contribution is -2.22. The summed E-state index contributed by atoms with van der Waals surface area (Å²) >= 11 is 1.47. The van der Waals surface area contributed by atoms with E-state index >= 15 is 0 Å². The van der Waals surface area contributed by atoms with Crippen molar-refractivity contribution in [2.45, 2.75) is 13.5 Å². The molecule has 0 saturated carbocycles. The number of aromatic nitrogens is 3. The van der Waals surface area contributed by atoms with Crippen molar-refractivity contribution in [2.24, 2.45) is 0 Å². The monoisotopic (exact) mass is 298 g/mol. The van der Waals surface area contributed by atoms with Crippen LogP contribution in [0.1, 0.15) is 20.4 Å². The minimum Gasteiger partial charge on any atom is -0.344 e. The van der Waals surface area contributed by atoms with Crippen LogP contribution in [0.3, 0.4) is 0 Å². The van der Waals surface area contributed by atoms with Crippen molar-refractivity contribution in [3.63, 3.8) is 0 Å². The maximum absolute atomic E-state index is 11.9. The molecule has 2 aromatic heterocycles. The number of amides is 1. The van der Waals surface area contributed by atoms with Gasteiger partial charge in [0.25, 0.3) is 5.91 Å². The van der Waals surface area contributed by atoms with Crippen LogP contribution in [-0.2, 0) is 6.54 Å². The molecule has 0 aliphatic carbocycles. The molecule has 0 fully saturated rings. The summed E-state index contributed by atoms with van der Waals surface area (Å²) in [6.07, 6.45) is 0. The molecule has 0 radical (unpaired) electrons. The molecule has 0 atom stereocenters. The molecule has 6 heteroatoms. The van der Waals surface area contributed by atoms with Crippen LogP contribution in [-0.4, -0.2) is 21.1 Å². The van der Waals surface area contributed by atoms with Crippen molar-refractivity contribution in [3.05, 3.63) is 58.0 Å². The van der Waals surface area contributed by atoms with E-state index < -0.39 is 0 Å². The van der Waals surface area contributed by atoms with E-state index in [4.69, 9.17) is 0 Å². The molecule has 5 nitrogen and oxygen atoms in total. The topological polar surface area (TPSA) is 70.7 Å². The van der Waals surface area contributed by atoms with Crippen LogP contribution in [0.2, 0.25) is 0 Å². The Balaban J connectivity index is 1.64. The molecule has 2 heterocycles. The van der Waals surface area contributed by atoms with Gasteiger partial charge in [0.2, 0.25) is 0 Å². The first-order chi connectivity index (χ1) is 10.2. The van der Waals surface area contributed by atoms with Gasteiger partial charge in [0.05, 0.1) is 11.4 Å². The number of aryl methyl sites for hydroxylation is 1. The lowest BCUT2D eigenvalue weighted by Gasteiger charge is -1.99. The zero-order chi connectivity index (χ0) is 14.7. The van der Waals surface area contributed by atoms with Crippen LogP contribution in [0.25, 0.3) is 11.4 Å². The number of aromatic amines is 1. The van der Waals surface area contributed by atoms with Crippen LogP contribution >= 0.6 is 11.3 Å². The van der Waals surface area contributed by atoms with Crippen LogP contribution in [0.4, 0.5) is 0 Å². The van der Waals surface area contributed by atoms with Crippen molar-refractivity contribution in [1.82, 2.24) is 20.5 Å². The molecule has 0 aliphatic rings. The Labute approximate surface area is 126 Å². The van der Waals surface area contributed by atoms with Crippen molar-refractivity contribution in [1.29, 1.82) is 0 Å². The number of thiophene rings is 1. The fourth-order valence-electron chi connectivity index (χ4n) is 1.90. The minimum absolute atomic E-state index is 0.0919. The summed E-state index contributed by atoms with van der Waals surface area (Å²) in [6.45, 7) is 2.31. The molecule has 0 bridgehead atoms. The number of carbonyl (C=O) groups is 1. The average molecular weight is 298 g/mol. The molecule has 0 saturated heterocycles. The van der Waals surface area contributed by atoms with Gasteiger partial charge in [-0.25, -0.2) is 4.98 Å². The van der Waals surface area contributed by atoms with Gasteiger partial charge in [0.15, 0.2) is 5.82 Å².